The smallest absolute Gasteiger partial charge is 0.327 e. The lowest BCUT2D eigenvalue weighted by atomic mass is 10.1. The van der Waals surface area contributed by atoms with Gasteiger partial charge in [-0.05, 0) is 18.2 Å². The molecule has 4 rings (SSSR count). The topological polar surface area (TPSA) is 134 Å². The quantitative estimate of drug-likeness (QED) is 0.625. The van der Waals surface area contributed by atoms with Crippen LogP contribution in [0.3, 0.4) is 0 Å². The minimum absolute atomic E-state index is 0.00234. The number of ether oxygens (including phenoxy) is 2. The predicted molar refractivity (Wildman–Crippen MR) is 96.7 cm³/mol. The Labute approximate surface area is 156 Å². The van der Waals surface area contributed by atoms with Crippen molar-refractivity contribution in [1.29, 1.82) is 0 Å². The van der Waals surface area contributed by atoms with Crippen molar-refractivity contribution in [3.05, 3.63) is 61.9 Å². The maximum Gasteiger partial charge on any atom is 0.327 e. The highest BCUT2D eigenvalue weighted by atomic mass is 16.5. The second-order valence-corrected chi connectivity index (χ2v) is 6.06. The normalized spacial score (nSPS) is 13.1. The molecule has 2 amide bonds. The third kappa shape index (κ3) is 2.62. The van der Waals surface area contributed by atoms with Crippen LogP contribution in [-0.2, 0) is 6.54 Å². The largest absolute Gasteiger partial charge is 0.497 e. The van der Waals surface area contributed by atoms with Gasteiger partial charge in [-0.1, -0.05) is 0 Å². The molecule has 0 atom stereocenters. The number of H-pyrrole nitrogens is 2. The van der Waals surface area contributed by atoms with Crippen molar-refractivity contribution in [3.8, 4) is 11.5 Å². The molecule has 0 spiro atoms. The molecule has 0 fully saturated rings. The molecule has 1 aliphatic rings. The lowest BCUT2D eigenvalue weighted by Gasteiger charge is -2.16. The van der Waals surface area contributed by atoms with Crippen molar-refractivity contribution < 1.29 is 19.1 Å². The van der Waals surface area contributed by atoms with Crippen LogP contribution in [0.15, 0.2) is 33.9 Å². The van der Waals surface area contributed by atoms with E-state index in [9.17, 15) is 19.2 Å². The summed E-state index contributed by atoms with van der Waals surface area (Å²) in [6.45, 7) is -0.0512. The average molecular weight is 382 g/mol. The van der Waals surface area contributed by atoms with Crippen LogP contribution in [-0.4, -0.2) is 45.9 Å². The fourth-order valence-corrected chi connectivity index (χ4v) is 3.08. The number of aromatic amines is 2. The second kappa shape index (κ2) is 6.34. The molecule has 0 unspecified atom stereocenters. The van der Waals surface area contributed by atoms with Crippen molar-refractivity contribution in [1.82, 2.24) is 19.9 Å². The first-order chi connectivity index (χ1) is 13.4. The minimum Gasteiger partial charge on any atom is -0.497 e. The summed E-state index contributed by atoms with van der Waals surface area (Å²) in [4.78, 5) is 58.4. The van der Waals surface area contributed by atoms with Crippen molar-refractivity contribution >= 4 is 22.8 Å². The lowest BCUT2D eigenvalue weighted by Crippen LogP contribution is -2.29. The minimum atomic E-state index is -0.749. The van der Waals surface area contributed by atoms with Crippen LogP contribution in [0.5, 0.6) is 11.5 Å². The van der Waals surface area contributed by atoms with E-state index in [1.807, 2.05) is 0 Å². The molecule has 0 saturated carbocycles. The van der Waals surface area contributed by atoms with Gasteiger partial charge in [-0.2, -0.15) is 0 Å². The Morgan fingerprint density at radius 3 is 2.50 bits per heavy atom. The van der Waals surface area contributed by atoms with Crippen molar-refractivity contribution in [2.45, 2.75) is 6.54 Å². The Hall–Kier alpha value is -3.95. The number of rotatable bonds is 4. The number of methoxy groups -OCH3 is 2. The number of fused-ring (bicyclic) bond motifs is 2. The highest BCUT2D eigenvalue weighted by molar-refractivity contribution is 6.21. The summed E-state index contributed by atoms with van der Waals surface area (Å²) < 4.78 is 10.4. The summed E-state index contributed by atoms with van der Waals surface area (Å²) in [5, 5.41) is 0.0170. The summed E-state index contributed by atoms with van der Waals surface area (Å²) in [6, 6.07) is 6.28. The van der Waals surface area contributed by atoms with Crippen LogP contribution < -0.4 is 20.7 Å². The van der Waals surface area contributed by atoms with Gasteiger partial charge in [0.1, 0.15) is 22.8 Å². The lowest BCUT2D eigenvalue weighted by molar-refractivity contribution is 0.0639. The average Bonchev–Trinajstić information content (AvgIpc) is 2.91. The van der Waals surface area contributed by atoms with E-state index in [2.05, 4.69) is 15.0 Å². The number of carbonyl (C=O) groups is 2. The van der Waals surface area contributed by atoms with Gasteiger partial charge in [0.05, 0.1) is 31.7 Å². The second-order valence-electron chi connectivity index (χ2n) is 6.06. The molecule has 2 N–H and O–H groups in total. The van der Waals surface area contributed by atoms with Crippen LogP contribution in [0.2, 0.25) is 0 Å². The molecule has 2 aromatic heterocycles. The molecular formula is C18H14N4O6. The van der Waals surface area contributed by atoms with Gasteiger partial charge < -0.3 is 9.47 Å². The van der Waals surface area contributed by atoms with Gasteiger partial charge in [0.25, 0.3) is 17.4 Å². The van der Waals surface area contributed by atoms with Crippen molar-refractivity contribution in [2.75, 3.05) is 14.2 Å². The maximum absolute atomic E-state index is 12.8. The molecule has 10 nitrogen and oxygen atoms in total. The molecule has 0 bridgehead atoms. The molecule has 10 heteroatoms. The fourth-order valence-electron chi connectivity index (χ4n) is 3.08. The zero-order valence-electron chi connectivity index (χ0n) is 14.9. The molecule has 0 saturated heterocycles. The predicted octanol–water partition coefficient (Wildman–Crippen LogP) is 0.425. The number of imide groups is 1. The Bertz CT molecular complexity index is 1260. The summed E-state index contributed by atoms with van der Waals surface area (Å²) in [6.07, 6.45) is 0. The molecule has 0 aliphatic carbocycles. The first kappa shape index (κ1) is 17.5. The van der Waals surface area contributed by atoms with Crippen LogP contribution >= 0.6 is 0 Å². The number of hydrogen-bond donors (Lipinski definition) is 2. The number of carbonyl (C=O) groups excluding carboxylic acids is 2. The highest BCUT2D eigenvalue weighted by Gasteiger charge is 2.38. The molecule has 142 valence electrons. The number of hydrogen-bond acceptors (Lipinski definition) is 7. The fraction of sp³-hybridized carbons (Fsp3) is 0.167. The molecule has 1 aliphatic heterocycles. The molecule has 0 radical (unpaired) electrons. The third-order valence-corrected chi connectivity index (χ3v) is 4.47. The van der Waals surface area contributed by atoms with E-state index in [4.69, 9.17) is 9.47 Å². The van der Waals surface area contributed by atoms with Gasteiger partial charge in [-0.25, -0.2) is 9.78 Å². The van der Waals surface area contributed by atoms with Crippen molar-refractivity contribution in [2.24, 2.45) is 0 Å². The summed E-state index contributed by atoms with van der Waals surface area (Å²) >= 11 is 0. The SMILES string of the molecule is COc1ccc(CN2C(=O)c3cc4c(=O)[nH]c(=O)[nH]c4nc3C2=O)c(OC)c1. The molecule has 3 heterocycles. The Balaban J connectivity index is 1.77. The monoisotopic (exact) mass is 382 g/mol. The third-order valence-electron chi connectivity index (χ3n) is 4.47. The van der Waals surface area contributed by atoms with Crippen LogP contribution in [0.1, 0.15) is 26.4 Å². The van der Waals surface area contributed by atoms with Crippen LogP contribution in [0, 0.1) is 0 Å². The number of aromatic nitrogens is 3. The summed E-state index contributed by atoms with van der Waals surface area (Å²) in [7, 11) is 2.98. The highest BCUT2D eigenvalue weighted by Crippen LogP contribution is 2.29. The van der Waals surface area contributed by atoms with Crippen molar-refractivity contribution in [3.63, 3.8) is 0 Å². The van der Waals surface area contributed by atoms with Crippen LogP contribution in [0.25, 0.3) is 11.0 Å². The maximum atomic E-state index is 12.8. The summed E-state index contributed by atoms with van der Waals surface area (Å²) in [5.41, 5.74) is -1.02. The van der Waals surface area contributed by atoms with Gasteiger partial charge in [0.2, 0.25) is 0 Å². The number of benzene rings is 1. The summed E-state index contributed by atoms with van der Waals surface area (Å²) in [5.74, 6) is -0.187. The number of pyridine rings is 1. The zero-order chi connectivity index (χ0) is 20.0. The molecule has 3 aromatic rings. The Morgan fingerprint density at radius 1 is 1.00 bits per heavy atom. The number of amides is 2. The van der Waals surface area contributed by atoms with E-state index >= 15 is 0 Å². The van der Waals surface area contributed by atoms with E-state index in [1.54, 1.807) is 18.2 Å². The number of nitrogens with one attached hydrogen (secondary N) is 2. The standard InChI is InChI=1S/C18H14N4O6/c1-27-9-4-3-8(12(5-9)28-2)7-22-16(24)10-6-11-14(19-13(10)17(22)25)20-18(26)21-15(11)23/h3-6H,7H2,1-2H3,(H2,19,20,21,23,26). The zero-order valence-corrected chi connectivity index (χ0v) is 14.9. The van der Waals surface area contributed by atoms with Gasteiger partial charge in [0, 0.05) is 11.6 Å². The van der Waals surface area contributed by atoms with E-state index in [0.29, 0.717) is 17.1 Å². The van der Waals surface area contributed by atoms with E-state index in [1.165, 1.54) is 20.3 Å². The molecule has 28 heavy (non-hydrogen) atoms. The van der Waals surface area contributed by atoms with Gasteiger partial charge in [-0.15, -0.1) is 0 Å². The van der Waals surface area contributed by atoms with Crippen LogP contribution in [0.4, 0.5) is 0 Å². The van der Waals surface area contributed by atoms with E-state index in [0.717, 1.165) is 4.90 Å². The Morgan fingerprint density at radius 2 is 1.79 bits per heavy atom. The van der Waals surface area contributed by atoms with Gasteiger partial charge >= 0.3 is 5.69 Å². The molecule has 1 aromatic carbocycles. The van der Waals surface area contributed by atoms with Gasteiger partial charge in [-0.3, -0.25) is 29.3 Å². The van der Waals surface area contributed by atoms with Gasteiger partial charge in [0.15, 0.2) is 0 Å². The molecular weight excluding hydrogens is 368 g/mol. The first-order valence-electron chi connectivity index (χ1n) is 8.17. The van der Waals surface area contributed by atoms with E-state index in [-0.39, 0.29) is 28.8 Å². The number of nitrogens with zero attached hydrogens (tertiary/aromatic N) is 2. The Kier molecular flexibility index (Phi) is 3.95. The first-order valence-corrected chi connectivity index (χ1v) is 8.17. The van der Waals surface area contributed by atoms with E-state index < -0.39 is 23.1 Å².